The predicted molar refractivity (Wildman–Crippen MR) is 83.1 cm³/mol. The molecule has 1 saturated heterocycles. The second-order valence-electron chi connectivity index (χ2n) is 5.44. The minimum atomic E-state index is -1.26. The van der Waals surface area contributed by atoms with Crippen LogP contribution in [-0.4, -0.2) is 63.5 Å². The van der Waals surface area contributed by atoms with Crippen molar-refractivity contribution in [1.29, 1.82) is 0 Å². The third kappa shape index (κ3) is 4.57. The summed E-state index contributed by atoms with van der Waals surface area (Å²) in [4.78, 5) is 34.2. The molecule has 0 amide bonds. The molecule has 4 atom stereocenters. The molecular weight excluding hydrogens is 350 g/mol. The van der Waals surface area contributed by atoms with E-state index in [9.17, 15) is 19.6 Å². The summed E-state index contributed by atoms with van der Waals surface area (Å²) in [5.74, 6) is -1.95. The number of ether oxygens (including phenoxy) is 4. The van der Waals surface area contributed by atoms with Crippen molar-refractivity contribution in [1.82, 2.24) is 9.78 Å². The Balaban J connectivity index is 2.42. The average Bonchev–Trinajstić information content (AvgIpc) is 3.08. The molecule has 11 nitrogen and oxygen atoms in total. The zero-order valence-electron chi connectivity index (χ0n) is 14.4. The SMILES string of the molecule is CC(=O)OC[C@H]1O[C@H](n2cccn2)/C(=N\O)[C@H](OC(C)=O)[C@@H]1OC(C)=O. The molecule has 1 aromatic rings. The fraction of sp³-hybridized carbons (Fsp3) is 0.533. The van der Waals surface area contributed by atoms with Crippen molar-refractivity contribution >= 4 is 23.6 Å². The Labute approximate surface area is 148 Å². The number of aromatic nitrogens is 2. The van der Waals surface area contributed by atoms with E-state index in [1.165, 1.54) is 24.0 Å². The Kier molecular flexibility index (Phi) is 6.28. The minimum Gasteiger partial charge on any atom is -0.463 e. The van der Waals surface area contributed by atoms with E-state index in [2.05, 4.69) is 10.3 Å². The largest absolute Gasteiger partial charge is 0.463 e. The van der Waals surface area contributed by atoms with E-state index in [1.54, 1.807) is 6.07 Å². The Morgan fingerprint density at radius 2 is 1.92 bits per heavy atom. The molecule has 0 aliphatic carbocycles. The van der Waals surface area contributed by atoms with Gasteiger partial charge in [-0.05, 0) is 6.07 Å². The van der Waals surface area contributed by atoms with Crippen molar-refractivity contribution in [2.45, 2.75) is 45.3 Å². The molecule has 1 fully saturated rings. The first-order valence-corrected chi connectivity index (χ1v) is 7.67. The molecule has 1 aliphatic rings. The lowest BCUT2D eigenvalue weighted by Crippen LogP contribution is -2.57. The lowest BCUT2D eigenvalue weighted by Gasteiger charge is -2.40. The molecular formula is C15H19N3O8. The minimum absolute atomic E-state index is 0.130. The summed E-state index contributed by atoms with van der Waals surface area (Å²) >= 11 is 0. The Morgan fingerprint density at radius 3 is 2.42 bits per heavy atom. The Hall–Kier alpha value is -2.95. The summed E-state index contributed by atoms with van der Waals surface area (Å²) in [6.07, 6.45) is -1.49. The van der Waals surface area contributed by atoms with E-state index in [0.29, 0.717) is 0 Å². The summed E-state index contributed by atoms with van der Waals surface area (Å²) in [7, 11) is 0. The fourth-order valence-corrected chi connectivity index (χ4v) is 2.51. The summed E-state index contributed by atoms with van der Waals surface area (Å²) in [6, 6.07) is 1.61. The van der Waals surface area contributed by atoms with Gasteiger partial charge in [-0.2, -0.15) is 5.10 Å². The van der Waals surface area contributed by atoms with Crippen LogP contribution in [0.4, 0.5) is 0 Å². The van der Waals surface area contributed by atoms with E-state index < -0.39 is 42.4 Å². The third-order valence-corrected chi connectivity index (χ3v) is 3.44. The summed E-state index contributed by atoms with van der Waals surface area (Å²) in [6.45, 7) is 3.24. The van der Waals surface area contributed by atoms with Gasteiger partial charge in [-0.15, -0.1) is 0 Å². The van der Waals surface area contributed by atoms with E-state index in [0.717, 1.165) is 13.8 Å². The highest BCUT2D eigenvalue weighted by molar-refractivity contribution is 5.93. The van der Waals surface area contributed by atoms with Gasteiger partial charge in [-0.1, -0.05) is 5.16 Å². The summed E-state index contributed by atoms with van der Waals surface area (Å²) in [5.41, 5.74) is -0.130. The van der Waals surface area contributed by atoms with Gasteiger partial charge in [0.15, 0.2) is 24.1 Å². The van der Waals surface area contributed by atoms with Crippen LogP contribution in [0.1, 0.15) is 27.0 Å². The number of hydrogen-bond acceptors (Lipinski definition) is 10. The Morgan fingerprint density at radius 1 is 1.23 bits per heavy atom. The number of nitrogens with zero attached hydrogens (tertiary/aromatic N) is 3. The van der Waals surface area contributed by atoms with Crippen molar-refractivity contribution in [3.63, 3.8) is 0 Å². The van der Waals surface area contributed by atoms with Gasteiger partial charge in [0.25, 0.3) is 0 Å². The number of rotatable bonds is 5. The quantitative estimate of drug-likeness (QED) is 0.330. The van der Waals surface area contributed by atoms with Crippen LogP contribution < -0.4 is 0 Å². The molecule has 0 radical (unpaired) electrons. The molecule has 11 heteroatoms. The highest BCUT2D eigenvalue weighted by atomic mass is 16.6. The molecule has 1 aromatic heterocycles. The average molecular weight is 369 g/mol. The van der Waals surface area contributed by atoms with E-state index in [4.69, 9.17) is 18.9 Å². The smallest absolute Gasteiger partial charge is 0.303 e. The van der Waals surface area contributed by atoms with Gasteiger partial charge in [0.05, 0.1) is 0 Å². The first-order chi connectivity index (χ1) is 12.3. The number of oxime groups is 1. The zero-order chi connectivity index (χ0) is 19.3. The lowest BCUT2D eigenvalue weighted by atomic mass is 9.98. The lowest BCUT2D eigenvalue weighted by molar-refractivity contribution is -0.196. The molecule has 0 unspecified atom stereocenters. The van der Waals surface area contributed by atoms with Crippen LogP contribution in [0, 0.1) is 0 Å². The van der Waals surface area contributed by atoms with Crippen molar-refractivity contribution in [3.8, 4) is 0 Å². The standard InChI is InChI=1S/C15H19N3O8/c1-8(19)23-7-11-13(24-9(2)20)14(25-10(3)21)12(17-22)15(26-11)18-6-4-5-16-18/h4-6,11,13-15,22H,7H2,1-3H3/b17-12-/t11-,13-,14+,15+/m1/s1. The van der Waals surface area contributed by atoms with Crippen molar-refractivity contribution in [2.75, 3.05) is 6.61 Å². The number of esters is 3. The molecule has 0 saturated carbocycles. The maximum Gasteiger partial charge on any atom is 0.303 e. The number of carbonyl (C=O) groups is 3. The third-order valence-electron chi connectivity index (χ3n) is 3.44. The fourth-order valence-electron chi connectivity index (χ4n) is 2.51. The van der Waals surface area contributed by atoms with Crippen LogP contribution >= 0.6 is 0 Å². The number of hydrogen-bond donors (Lipinski definition) is 1. The molecule has 142 valence electrons. The van der Waals surface area contributed by atoms with Crippen LogP contribution in [0.25, 0.3) is 0 Å². The molecule has 0 spiro atoms. The van der Waals surface area contributed by atoms with E-state index >= 15 is 0 Å². The second-order valence-corrected chi connectivity index (χ2v) is 5.44. The van der Waals surface area contributed by atoms with Crippen molar-refractivity contribution in [2.24, 2.45) is 5.16 Å². The predicted octanol–water partition coefficient (Wildman–Crippen LogP) is 0.0372. The molecule has 2 rings (SSSR count). The molecule has 0 bridgehead atoms. The molecule has 2 heterocycles. The molecule has 1 N–H and O–H groups in total. The van der Waals surface area contributed by atoms with Crippen LogP contribution in [0.3, 0.4) is 0 Å². The zero-order valence-corrected chi connectivity index (χ0v) is 14.4. The van der Waals surface area contributed by atoms with E-state index in [-0.39, 0.29) is 12.3 Å². The number of carbonyl (C=O) groups excluding carboxylic acids is 3. The van der Waals surface area contributed by atoms with Gasteiger partial charge in [-0.3, -0.25) is 14.4 Å². The van der Waals surface area contributed by atoms with Crippen LogP contribution in [0.15, 0.2) is 23.6 Å². The van der Waals surface area contributed by atoms with Gasteiger partial charge in [0, 0.05) is 33.2 Å². The summed E-state index contributed by atoms with van der Waals surface area (Å²) in [5, 5.41) is 16.6. The Bertz CT molecular complexity index is 687. The molecule has 26 heavy (non-hydrogen) atoms. The first-order valence-electron chi connectivity index (χ1n) is 7.67. The molecule has 1 aliphatic heterocycles. The second kappa shape index (κ2) is 8.43. The van der Waals surface area contributed by atoms with Gasteiger partial charge in [0.1, 0.15) is 12.7 Å². The van der Waals surface area contributed by atoms with Crippen LogP contribution in [0.5, 0.6) is 0 Å². The monoisotopic (exact) mass is 369 g/mol. The molecule has 0 aromatic carbocycles. The van der Waals surface area contributed by atoms with Crippen molar-refractivity contribution < 1.29 is 38.5 Å². The maximum absolute atomic E-state index is 11.5. The van der Waals surface area contributed by atoms with E-state index in [1.807, 2.05) is 0 Å². The van der Waals surface area contributed by atoms with Gasteiger partial charge in [-0.25, -0.2) is 4.68 Å². The highest BCUT2D eigenvalue weighted by Gasteiger charge is 2.49. The summed E-state index contributed by atoms with van der Waals surface area (Å²) < 4.78 is 22.4. The van der Waals surface area contributed by atoms with Gasteiger partial charge < -0.3 is 24.2 Å². The highest BCUT2D eigenvalue weighted by Crippen LogP contribution is 2.30. The van der Waals surface area contributed by atoms with Crippen LogP contribution in [0.2, 0.25) is 0 Å². The maximum atomic E-state index is 11.5. The van der Waals surface area contributed by atoms with Crippen LogP contribution in [-0.2, 0) is 33.3 Å². The topological polar surface area (TPSA) is 139 Å². The van der Waals surface area contributed by atoms with Gasteiger partial charge in [0.2, 0.25) is 0 Å². The van der Waals surface area contributed by atoms with Crippen molar-refractivity contribution in [3.05, 3.63) is 18.5 Å². The normalized spacial score (nSPS) is 27.0. The van der Waals surface area contributed by atoms with Gasteiger partial charge >= 0.3 is 17.9 Å². The first kappa shape index (κ1) is 19.4.